The summed E-state index contributed by atoms with van der Waals surface area (Å²) in [5.74, 6) is 0.621. The van der Waals surface area contributed by atoms with Crippen LogP contribution in [-0.4, -0.2) is 34.4 Å². The molecule has 0 fully saturated rings. The molecule has 0 bridgehead atoms. The van der Waals surface area contributed by atoms with Crippen molar-refractivity contribution in [1.82, 2.24) is 15.0 Å². The molecule has 0 aliphatic rings. The number of nitrogens with zero attached hydrogens (tertiary/aromatic N) is 3. The molecule has 1 aromatic heterocycles. The molecule has 6 heteroatoms. The Bertz CT molecular complexity index is 607. The van der Waals surface area contributed by atoms with E-state index in [1.54, 1.807) is 18.0 Å². The van der Waals surface area contributed by atoms with Crippen molar-refractivity contribution in [3.8, 4) is 5.75 Å². The predicted molar refractivity (Wildman–Crippen MR) is 74.8 cm³/mol. The van der Waals surface area contributed by atoms with E-state index < -0.39 is 0 Å². The molecule has 6 nitrogen and oxygen atoms in total. The van der Waals surface area contributed by atoms with Crippen LogP contribution in [0.25, 0.3) is 0 Å². The number of Topliss-reactive ketones (excluding diaryl/α,β-unsaturated/α-hetero) is 1. The zero-order chi connectivity index (χ0) is 14.5. The van der Waals surface area contributed by atoms with Gasteiger partial charge in [0.25, 0.3) is 0 Å². The number of aryl methyl sites for hydroxylation is 1. The van der Waals surface area contributed by atoms with E-state index in [2.05, 4.69) is 10.3 Å². The molecular formula is C14H18N4O2. The van der Waals surface area contributed by atoms with Gasteiger partial charge in [0.1, 0.15) is 11.4 Å². The number of hydrogen-bond donors (Lipinski definition) is 1. The summed E-state index contributed by atoms with van der Waals surface area (Å²) >= 11 is 0. The lowest BCUT2D eigenvalue weighted by Crippen LogP contribution is -2.10. The van der Waals surface area contributed by atoms with Gasteiger partial charge in [0.05, 0.1) is 19.9 Å². The Morgan fingerprint density at radius 3 is 2.95 bits per heavy atom. The Morgan fingerprint density at radius 2 is 2.25 bits per heavy atom. The number of carbonyl (C=O) groups excluding carboxylic acids is 1. The Labute approximate surface area is 117 Å². The molecule has 0 saturated carbocycles. The van der Waals surface area contributed by atoms with E-state index in [0.29, 0.717) is 24.5 Å². The number of rotatable bonds is 6. The molecule has 0 atom stereocenters. The molecule has 0 radical (unpaired) electrons. The number of ether oxygens (including phenoxy) is 1. The lowest BCUT2D eigenvalue weighted by atomic mass is 10.0. The molecule has 2 aromatic rings. The van der Waals surface area contributed by atoms with E-state index in [1.165, 1.54) is 0 Å². The van der Waals surface area contributed by atoms with Crippen molar-refractivity contribution in [2.75, 3.05) is 13.7 Å². The van der Waals surface area contributed by atoms with Crippen molar-refractivity contribution < 1.29 is 9.53 Å². The summed E-state index contributed by atoms with van der Waals surface area (Å²) in [7, 11) is 1.59. The summed E-state index contributed by atoms with van der Waals surface area (Å²) in [6, 6.07) is 5.76. The number of nitrogens with two attached hydrogens (primary N) is 1. The highest BCUT2D eigenvalue weighted by molar-refractivity contribution is 5.95. The molecule has 2 N–H and O–H groups in total. The van der Waals surface area contributed by atoms with Crippen molar-refractivity contribution in [2.45, 2.75) is 19.9 Å². The SMILES string of the molecule is COc1ccc(C)cc1CC(=O)c1cn(CCN)nn1. The Kier molecular flexibility index (Phi) is 4.47. The summed E-state index contributed by atoms with van der Waals surface area (Å²) in [6.07, 6.45) is 1.86. The van der Waals surface area contributed by atoms with Crippen LogP contribution < -0.4 is 10.5 Å². The lowest BCUT2D eigenvalue weighted by Gasteiger charge is -2.08. The number of aromatic nitrogens is 3. The minimum absolute atomic E-state index is 0.0860. The van der Waals surface area contributed by atoms with Gasteiger partial charge in [-0.3, -0.25) is 9.48 Å². The monoisotopic (exact) mass is 274 g/mol. The molecule has 0 aliphatic carbocycles. The van der Waals surface area contributed by atoms with E-state index in [-0.39, 0.29) is 12.2 Å². The quantitative estimate of drug-likeness (QED) is 0.794. The van der Waals surface area contributed by atoms with Crippen molar-refractivity contribution in [3.05, 3.63) is 41.2 Å². The maximum atomic E-state index is 12.2. The third-order valence-electron chi connectivity index (χ3n) is 2.97. The normalized spacial score (nSPS) is 10.6. The molecule has 0 unspecified atom stereocenters. The van der Waals surface area contributed by atoms with Gasteiger partial charge in [-0.2, -0.15) is 0 Å². The van der Waals surface area contributed by atoms with Crippen LogP contribution in [0.1, 0.15) is 21.6 Å². The molecule has 0 aliphatic heterocycles. The average Bonchev–Trinajstić information content (AvgIpc) is 2.88. The molecule has 106 valence electrons. The second kappa shape index (κ2) is 6.29. The molecule has 0 amide bonds. The summed E-state index contributed by atoms with van der Waals surface area (Å²) in [6.45, 7) is 2.99. The minimum atomic E-state index is -0.0860. The lowest BCUT2D eigenvalue weighted by molar-refractivity contribution is 0.0987. The molecule has 0 saturated heterocycles. The van der Waals surface area contributed by atoms with Crippen LogP contribution in [0.15, 0.2) is 24.4 Å². The van der Waals surface area contributed by atoms with Gasteiger partial charge in [-0.15, -0.1) is 5.10 Å². The third-order valence-corrected chi connectivity index (χ3v) is 2.97. The minimum Gasteiger partial charge on any atom is -0.496 e. The van der Waals surface area contributed by atoms with Crippen LogP contribution in [0.5, 0.6) is 5.75 Å². The Morgan fingerprint density at radius 1 is 1.45 bits per heavy atom. The molecule has 1 aromatic carbocycles. The summed E-state index contributed by atoms with van der Waals surface area (Å²) in [5, 5.41) is 7.74. The highest BCUT2D eigenvalue weighted by atomic mass is 16.5. The molecule has 0 spiro atoms. The average molecular weight is 274 g/mol. The van der Waals surface area contributed by atoms with Crippen molar-refractivity contribution in [3.63, 3.8) is 0 Å². The largest absolute Gasteiger partial charge is 0.496 e. The number of carbonyl (C=O) groups is 1. The van der Waals surface area contributed by atoms with Gasteiger partial charge in [0, 0.05) is 18.5 Å². The van der Waals surface area contributed by atoms with Crippen LogP contribution in [-0.2, 0) is 13.0 Å². The molecular weight excluding hydrogens is 256 g/mol. The zero-order valence-electron chi connectivity index (χ0n) is 11.7. The first kappa shape index (κ1) is 14.2. The molecule has 1 heterocycles. The number of hydrogen-bond acceptors (Lipinski definition) is 5. The second-order valence-corrected chi connectivity index (χ2v) is 4.57. The van der Waals surface area contributed by atoms with Gasteiger partial charge in [0.2, 0.25) is 0 Å². The number of ketones is 1. The third kappa shape index (κ3) is 3.21. The Hall–Kier alpha value is -2.21. The first-order valence-electron chi connectivity index (χ1n) is 6.41. The standard InChI is InChI=1S/C14H18N4O2/c1-10-3-4-14(20-2)11(7-10)8-13(19)12-9-18(6-5-15)17-16-12/h3-4,7,9H,5-6,8,15H2,1-2H3. The van der Waals surface area contributed by atoms with Gasteiger partial charge in [-0.1, -0.05) is 22.9 Å². The summed E-state index contributed by atoms with van der Waals surface area (Å²) < 4.78 is 6.84. The topological polar surface area (TPSA) is 83.0 Å². The van der Waals surface area contributed by atoms with Crippen molar-refractivity contribution >= 4 is 5.78 Å². The maximum Gasteiger partial charge on any atom is 0.189 e. The van der Waals surface area contributed by atoms with Gasteiger partial charge in [0.15, 0.2) is 5.78 Å². The van der Waals surface area contributed by atoms with Gasteiger partial charge in [-0.05, 0) is 13.0 Å². The van der Waals surface area contributed by atoms with Crippen molar-refractivity contribution in [2.24, 2.45) is 5.73 Å². The maximum absolute atomic E-state index is 12.2. The predicted octanol–water partition coefficient (Wildman–Crippen LogP) is 0.979. The van der Waals surface area contributed by atoms with Gasteiger partial charge < -0.3 is 10.5 Å². The van der Waals surface area contributed by atoms with E-state index in [9.17, 15) is 4.79 Å². The van der Waals surface area contributed by atoms with Crippen LogP contribution >= 0.6 is 0 Å². The van der Waals surface area contributed by atoms with Crippen LogP contribution in [0.3, 0.4) is 0 Å². The fourth-order valence-electron chi connectivity index (χ4n) is 1.98. The van der Waals surface area contributed by atoms with E-state index >= 15 is 0 Å². The highest BCUT2D eigenvalue weighted by Crippen LogP contribution is 2.21. The Balaban J connectivity index is 2.16. The van der Waals surface area contributed by atoms with E-state index in [1.807, 2.05) is 25.1 Å². The second-order valence-electron chi connectivity index (χ2n) is 4.57. The van der Waals surface area contributed by atoms with Crippen molar-refractivity contribution in [1.29, 1.82) is 0 Å². The van der Waals surface area contributed by atoms with Gasteiger partial charge >= 0.3 is 0 Å². The van der Waals surface area contributed by atoms with Crippen LogP contribution in [0.4, 0.5) is 0 Å². The zero-order valence-corrected chi connectivity index (χ0v) is 11.7. The molecule has 2 rings (SSSR count). The van der Waals surface area contributed by atoms with Crippen LogP contribution in [0, 0.1) is 6.92 Å². The summed E-state index contributed by atoms with van der Waals surface area (Å²) in [5.41, 5.74) is 7.72. The smallest absolute Gasteiger partial charge is 0.189 e. The van der Waals surface area contributed by atoms with E-state index in [0.717, 1.165) is 11.1 Å². The number of methoxy groups -OCH3 is 1. The first-order chi connectivity index (χ1) is 9.63. The van der Waals surface area contributed by atoms with Gasteiger partial charge in [-0.25, -0.2) is 0 Å². The first-order valence-corrected chi connectivity index (χ1v) is 6.41. The fraction of sp³-hybridized carbons (Fsp3) is 0.357. The summed E-state index contributed by atoms with van der Waals surface area (Å²) in [4.78, 5) is 12.2. The van der Waals surface area contributed by atoms with Crippen LogP contribution in [0.2, 0.25) is 0 Å². The number of benzene rings is 1. The highest BCUT2D eigenvalue weighted by Gasteiger charge is 2.14. The van der Waals surface area contributed by atoms with E-state index in [4.69, 9.17) is 10.5 Å². The fourth-order valence-corrected chi connectivity index (χ4v) is 1.98. The molecule has 20 heavy (non-hydrogen) atoms.